The van der Waals surface area contributed by atoms with Crippen LogP contribution >= 0.6 is 0 Å². The van der Waals surface area contributed by atoms with Gasteiger partial charge in [0.2, 0.25) is 5.02 Å². The number of hydrogen-bond acceptors (Lipinski definition) is 5. The molecule has 0 aliphatic heterocycles. The van der Waals surface area contributed by atoms with E-state index in [4.69, 9.17) is 5.84 Å². The average molecular weight is 178 g/mol. The first-order valence-electron chi connectivity index (χ1n) is 3.51. The van der Waals surface area contributed by atoms with E-state index in [0.29, 0.717) is 6.54 Å². The van der Waals surface area contributed by atoms with E-state index in [1.54, 1.807) is 0 Å². The van der Waals surface area contributed by atoms with Gasteiger partial charge >= 0.3 is 0 Å². The van der Waals surface area contributed by atoms with Crippen LogP contribution in [0.4, 0.5) is 0 Å². The molecule has 7 nitrogen and oxygen atoms in total. The molecular formula is C5H14N4O3. The molecule has 0 bridgehead atoms. The molecule has 0 fully saturated rings. The van der Waals surface area contributed by atoms with Crippen LogP contribution in [0.25, 0.3) is 0 Å². The highest BCUT2D eigenvalue weighted by atomic mass is 17.0. The lowest BCUT2D eigenvalue weighted by Gasteiger charge is -2.26. The molecule has 12 heavy (non-hydrogen) atoms. The van der Waals surface area contributed by atoms with E-state index in [1.807, 2.05) is 19.1 Å². The van der Waals surface area contributed by atoms with Gasteiger partial charge in [0, 0.05) is 11.2 Å². The topological polar surface area (TPSA) is 96.7 Å². The lowest BCUT2D eigenvalue weighted by Crippen LogP contribution is -2.53. The van der Waals surface area contributed by atoms with Crippen molar-refractivity contribution in [3.05, 3.63) is 10.4 Å². The molecule has 72 valence electrons. The second kappa shape index (κ2) is 4.07. The van der Waals surface area contributed by atoms with E-state index in [2.05, 4.69) is 4.94 Å². The van der Waals surface area contributed by atoms with E-state index in [9.17, 15) is 10.4 Å². The van der Waals surface area contributed by atoms with E-state index in [-0.39, 0.29) is 5.92 Å². The standard InChI is InChI=1S/C5H14N4O3/c1-5(2)4-9(3,6)12-8(11)7-10/h5H,4,6H2,1-3H3. The maximum atomic E-state index is 10.3. The number of nitrogens with two attached hydrogens (primary N) is 1. The first kappa shape index (κ1) is 10.9. The lowest BCUT2D eigenvalue weighted by atomic mass is 10.2. The minimum atomic E-state index is -0.507. The minimum absolute atomic E-state index is 0.250. The Balaban J connectivity index is 4.03. The second-order valence-electron chi connectivity index (χ2n) is 3.15. The molecule has 0 aliphatic rings. The summed E-state index contributed by atoms with van der Waals surface area (Å²) in [5.41, 5.74) is 0. The number of hydrogen-bond donors (Lipinski definition) is 1. The van der Waals surface area contributed by atoms with E-state index < -0.39 is 9.78 Å². The molecule has 1 unspecified atom stereocenters. The van der Waals surface area contributed by atoms with Crippen LogP contribution in [0.3, 0.4) is 0 Å². The third kappa shape index (κ3) is 4.69. The lowest BCUT2D eigenvalue weighted by molar-refractivity contribution is -1.24. The summed E-state index contributed by atoms with van der Waals surface area (Å²) in [6, 6.07) is 0. The van der Waals surface area contributed by atoms with Crippen molar-refractivity contribution in [2.75, 3.05) is 13.6 Å². The van der Waals surface area contributed by atoms with Gasteiger partial charge in [-0.2, -0.15) is 10.8 Å². The molecule has 0 aromatic heterocycles. The molecule has 0 aliphatic carbocycles. The molecule has 0 spiro atoms. The Morgan fingerprint density at radius 1 is 1.67 bits per heavy atom. The summed E-state index contributed by atoms with van der Waals surface area (Å²) in [7, 11) is 1.45. The largest absolute Gasteiger partial charge is 0.735 e. The van der Waals surface area contributed by atoms with Crippen molar-refractivity contribution in [3.8, 4) is 0 Å². The molecule has 1 atom stereocenters. The Kier molecular flexibility index (Phi) is 3.71. The third-order valence-electron chi connectivity index (χ3n) is 1.05. The van der Waals surface area contributed by atoms with Crippen molar-refractivity contribution >= 4 is 0 Å². The van der Waals surface area contributed by atoms with Gasteiger partial charge in [0.15, 0.2) is 0 Å². The highest BCUT2D eigenvalue weighted by Crippen LogP contribution is 2.02. The first-order chi connectivity index (χ1) is 5.37. The van der Waals surface area contributed by atoms with Gasteiger partial charge in [0.1, 0.15) is 13.6 Å². The van der Waals surface area contributed by atoms with Crippen molar-refractivity contribution in [2.24, 2.45) is 17.0 Å². The fraction of sp³-hybridized carbons (Fsp3) is 1.00. The Morgan fingerprint density at radius 3 is 2.50 bits per heavy atom. The van der Waals surface area contributed by atoms with Crippen molar-refractivity contribution in [2.45, 2.75) is 13.8 Å². The smallest absolute Gasteiger partial charge is 0.209 e. The summed E-state index contributed by atoms with van der Waals surface area (Å²) in [6.07, 6.45) is 0. The zero-order valence-electron chi connectivity index (χ0n) is 7.43. The van der Waals surface area contributed by atoms with Crippen LogP contribution in [0, 0.1) is 16.3 Å². The molecule has 0 heterocycles. The third-order valence-corrected chi connectivity index (χ3v) is 1.05. The molecular weight excluding hydrogens is 164 g/mol. The summed E-state index contributed by atoms with van der Waals surface area (Å²) in [5.74, 6) is 5.72. The summed E-state index contributed by atoms with van der Waals surface area (Å²) < 4.78 is -0.507. The molecule has 0 rings (SSSR count). The van der Waals surface area contributed by atoms with Gasteiger partial charge in [-0.1, -0.05) is 18.6 Å². The van der Waals surface area contributed by atoms with Crippen LogP contribution in [-0.4, -0.2) is 23.4 Å². The van der Waals surface area contributed by atoms with Gasteiger partial charge in [-0.05, 0) is 0 Å². The number of rotatable bonds is 4. The molecule has 0 saturated heterocycles. The van der Waals surface area contributed by atoms with Crippen molar-refractivity contribution in [1.82, 2.24) is 0 Å². The van der Waals surface area contributed by atoms with Crippen molar-refractivity contribution in [1.29, 1.82) is 0 Å². The number of hydroxylamine groups is 2. The van der Waals surface area contributed by atoms with Gasteiger partial charge in [0.05, 0.1) is 0 Å². The fourth-order valence-electron chi connectivity index (χ4n) is 0.933. The summed E-state index contributed by atoms with van der Waals surface area (Å²) in [5, 5.41) is 21.5. The molecule has 0 saturated carbocycles. The van der Waals surface area contributed by atoms with Crippen LogP contribution < -0.4 is 5.84 Å². The van der Waals surface area contributed by atoms with Crippen LogP contribution in [0.15, 0.2) is 5.28 Å². The Bertz CT molecular complexity index is 168. The second-order valence-corrected chi connectivity index (χ2v) is 3.15. The molecule has 0 radical (unpaired) electrons. The van der Waals surface area contributed by atoms with Crippen LogP contribution in [0.2, 0.25) is 0 Å². The quantitative estimate of drug-likeness (QED) is 0.289. The normalized spacial score (nSPS) is 17.6. The average Bonchev–Trinajstić information content (AvgIpc) is 1.83. The van der Waals surface area contributed by atoms with Gasteiger partial charge in [-0.15, -0.1) is 0 Å². The highest BCUT2D eigenvalue weighted by molar-refractivity contribution is 4.35. The molecule has 0 aromatic rings. The van der Waals surface area contributed by atoms with E-state index in [1.165, 1.54) is 7.05 Å². The summed E-state index contributed by atoms with van der Waals surface area (Å²) >= 11 is 0. The zero-order chi connectivity index (χ0) is 9.78. The first-order valence-corrected chi connectivity index (χ1v) is 3.51. The van der Waals surface area contributed by atoms with Gasteiger partial charge in [-0.25, -0.2) is 5.21 Å². The van der Waals surface area contributed by atoms with Crippen LogP contribution in [0.5, 0.6) is 0 Å². The summed E-state index contributed by atoms with van der Waals surface area (Å²) in [4.78, 5) is 4.41. The Hall–Kier alpha value is -1.08. The van der Waals surface area contributed by atoms with Crippen LogP contribution in [-0.2, 0) is 4.94 Å². The minimum Gasteiger partial charge on any atom is -0.735 e. The maximum absolute atomic E-state index is 10.3. The van der Waals surface area contributed by atoms with Crippen molar-refractivity contribution in [3.63, 3.8) is 0 Å². The van der Waals surface area contributed by atoms with Crippen molar-refractivity contribution < 1.29 is 14.7 Å². The Morgan fingerprint density at radius 2 is 2.17 bits per heavy atom. The molecule has 0 amide bonds. The van der Waals surface area contributed by atoms with Gasteiger partial charge in [0.25, 0.3) is 0 Å². The summed E-state index contributed by atoms with van der Waals surface area (Å²) in [6.45, 7) is 4.24. The number of quaternary nitrogens is 1. The predicted octanol–water partition coefficient (Wildman–Crippen LogP) is 0.270. The molecule has 2 N–H and O–H groups in total. The highest BCUT2D eigenvalue weighted by Gasteiger charge is 2.20. The van der Waals surface area contributed by atoms with E-state index in [0.717, 1.165) is 0 Å². The van der Waals surface area contributed by atoms with Gasteiger partial charge < -0.3 is 5.21 Å². The molecule has 7 heteroatoms. The van der Waals surface area contributed by atoms with E-state index >= 15 is 0 Å². The SMILES string of the molecule is CC(C)C[N+](C)(N)O[N+]([O-])=N[O-]. The Labute approximate surface area is 70.7 Å². The predicted molar refractivity (Wildman–Crippen MR) is 40.6 cm³/mol. The fourth-order valence-corrected chi connectivity index (χ4v) is 0.933. The maximum Gasteiger partial charge on any atom is 0.209 e. The van der Waals surface area contributed by atoms with Crippen LogP contribution in [0.1, 0.15) is 13.8 Å². The zero-order valence-corrected chi connectivity index (χ0v) is 7.43. The monoisotopic (exact) mass is 178 g/mol. The number of nitrogens with zero attached hydrogens (tertiary/aromatic N) is 3. The van der Waals surface area contributed by atoms with Gasteiger partial charge in [-0.3, -0.25) is 0 Å². The molecule has 0 aromatic carbocycles.